The molecule has 1 aromatic carbocycles. The van der Waals surface area contributed by atoms with E-state index >= 15 is 0 Å². The van der Waals surface area contributed by atoms with Crippen LogP contribution in [0.25, 0.3) is 6.08 Å². The molecule has 0 saturated carbocycles. The molecule has 174 valence electrons. The minimum absolute atomic E-state index is 0.0558. The Morgan fingerprint density at radius 3 is 2.25 bits per heavy atom. The molecule has 2 aromatic rings. The average molecular weight is 458 g/mol. The Bertz CT molecular complexity index is 921. The molecule has 0 aliphatic rings. The molecular formula is C25H35NO5Si. The highest BCUT2D eigenvalue weighted by Crippen LogP contribution is 2.38. The first-order valence-corrected chi connectivity index (χ1v) is 13.7. The van der Waals surface area contributed by atoms with Crippen molar-refractivity contribution in [2.75, 3.05) is 0 Å². The van der Waals surface area contributed by atoms with Crippen LogP contribution < -0.4 is 4.84 Å². The normalized spacial score (nSPS) is 14.7. The van der Waals surface area contributed by atoms with E-state index in [0.29, 0.717) is 11.2 Å². The minimum Gasteiger partial charge on any atom is -0.492 e. The molecule has 1 aromatic heterocycles. The summed E-state index contributed by atoms with van der Waals surface area (Å²) < 4.78 is 7.35. The third kappa shape index (κ3) is 7.14. The Kier molecular flexibility index (Phi) is 8.52. The molecule has 0 bridgehead atoms. The maximum atomic E-state index is 12.1. The van der Waals surface area contributed by atoms with Gasteiger partial charge in [-0.05, 0) is 36.0 Å². The summed E-state index contributed by atoms with van der Waals surface area (Å²) in [6.45, 7) is 13.1. The van der Waals surface area contributed by atoms with Crippen molar-refractivity contribution >= 4 is 20.4 Å². The van der Waals surface area contributed by atoms with Gasteiger partial charge in [-0.1, -0.05) is 76.3 Å². The molecule has 2 rings (SSSR count). The molecule has 0 aliphatic carbocycles. The Morgan fingerprint density at radius 1 is 1.09 bits per heavy atom. The number of aromatic nitrogens is 1. The summed E-state index contributed by atoms with van der Waals surface area (Å²) >= 11 is 0. The van der Waals surface area contributed by atoms with Crippen LogP contribution in [-0.2, 0) is 9.22 Å². The van der Waals surface area contributed by atoms with Crippen LogP contribution in [0.15, 0.2) is 60.7 Å². The molecule has 6 nitrogen and oxygen atoms in total. The lowest BCUT2D eigenvalue weighted by Gasteiger charge is -2.40. The van der Waals surface area contributed by atoms with Crippen LogP contribution in [0.1, 0.15) is 39.7 Å². The number of carbonyl (C=O) groups excluding carboxylic acids is 1. The van der Waals surface area contributed by atoms with Gasteiger partial charge in [0.05, 0.1) is 6.10 Å². The van der Waals surface area contributed by atoms with Gasteiger partial charge in [-0.3, -0.25) is 0 Å². The van der Waals surface area contributed by atoms with E-state index in [9.17, 15) is 15.0 Å². The maximum Gasteiger partial charge on any atom is 0.356 e. The minimum atomic E-state index is -2.04. The summed E-state index contributed by atoms with van der Waals surface area (Å²) in [6.07, 6.45) is 7.62. The van der Waals surface area contributed by atoms with Crippen molar-refractivity contribution in [1.82, 2.24) is 4.73 Å². The molecule has 0 spiro atoms. The van der Waals surface area contributed by atoms with E-state index in [1.807, 2.05) is 18.2 Å². The molecular weight excluding hydrogens is 422 g/mol. The number of hydrogen-bond donors (Lipinski definition) is 2. The van der Waals surface area contributed by atoms with Crippen molar-refractivity contribution in [1.29, 1.82) is 0 Å². The van der Waals surface area contributed by atoms with Crippen LogP contribution in [0.5, 0.6) is 11.8 Å². The van der Waals surface area contributed by atoms with Crippen molar-refractivity contribution in [2.45, 2.75) is 58.4 Å². The van der Waals surface area contributed by atoms with Gasteiger partial charge >= 0.3 is 5.97 Å². The summed E-state index contributed by atoms with van der Waals surface area (Å²) in [7, 11) is -2.04. The van der Waals surface area contributed by atoms with Gasteiger partial charge in [0.25, 0.3) is 0 Å². The number of rotatable bonds is 9. The molecule has 2 atom stereocenters. The zero-order valence-electron chi connectivity index (χ0n) is 19.8. The van der Waals surface area contributed by atoms with E-state index in [2.05, 4.69) is 65.1 Å². The summed E-state index contributed by atoms with van der Waals surface area (Å²) in [5.74, 6) is -1.31. The highest BCUT2D eigenvalue weighted by Gasteiger charge is 2.39. The van der Waals surface area contributed by atoms with E-state index in [0.717, 1.165) is 5.56 Å². The number of carbonyl (C=O) groups is 1. The van der Waals surface area contributed by atoms with Gasteiger partial charge in [0.2, 0.25) is 11.8 Å². The second-order valence-corrected chi connectivity index (χ2v) is 14.2. The van der Waals surface area contributed by atoms with Crippen molar-refractivity contribution in [3.63, 3.8) is 0 Å². The SMILES string of the molecule is C[C@H](C=Cc1ccccc1)[C@H](CC=CC(=O)On1c(O)ccc1O)O[Si](C)(C)C(C)(C)C. The molecule has 1 heterocycles. The molecule has 0 aliphatic heterocycles. The largest absolute Gasteiger partial charge is 0.492 e. The number of hydrogen-bond acceptors (Lipinski definition) is 5. The van der Waals surface area contributed by atoms with Gasteiger partial charge in [-0.25, -0.2) is 4.79 Å². The van der Waals surface area contributed by atoms with Gasteiger partial charge in [0.15, 0.2) is 8.32 Å². The van der Waals surface area contributed by atoms with Crippen LogP contribution >= 0.6 is 0 Å². The van der Waals surface area contributed by atoms with E-state index in [1.54, 1.807) is 6.08 Å². The maximum absolute atomic E-state index is 12.1. The van der Waals surface area contributed by atoms with Gasteiger partial charge < -0.3 is 19.5 Å². The van der Waals surface area contributed by atoms with E-state index < -0.39 is 14.3 Å². The fourth-order valence-electron chi connectivity index (χ4n) is 2.79. The summed E-state index contributed by atoms with van der Waals surface area (Å²) in [4.78, 5) is 17.1. The quantitative estimate of drug-likeness (QED) is 0.382. The Labute approximate surface area is 191 Å². The summed E-state index contributed by atoms with van der Waals surface area (Å²) in [5.41, 5.74) is 1.12. The molecule has 0 saturated heterocycles. The lowest BCUT2D eigenvalue weighted by Crippen LogP contribution is -2.45. The van der Waals surface area contributed by atoms with Gasteiger partial charge in [0, 0.05) is 18.2 Å². The molecule has 0 fully saturated rings. The zero-order chi connectivity index (χ0) is 23.9. The van der Waals surface area contributed by atoms with E-state index in [-0.39, 0.29) is 28.8 Å². The molecule has 2 N–H and O–H groups in total. The fourth-order valence-corrected chi connectivity index (χ4v) is 4.21. The van der Waals surface area contributed by atoms with Crippen LogP contribution in [0.3, 0.4) is 0 Å². The van der Waals surface area contributed by atoms with Crippen molar-refractivity contribution in [3.05, 3.63) is 66.3 Å². The number of nitrogens with zero attached hydrogens (tertiary/aromatic N) is 1. The standard InChI is InChI=1S/C25H35NO5Si/c1-19(15-16-20-11-8-7-9-12-20)21(31-32(5,6)25(2,3)4)13-10-14-24(29)30-26-22(27)17-18-23(26)28/h7-12,14-19,21,27-28H,13H2,1-6H3/t19-,21+/m1/s1. The summed E-state index contributed by atoms with van der Waals surface area (Å²) in [6, 6.07) is 12.6. The Balaban J connectivity index is 2.12. The lowest BCUT2D eigenvalue weighted by atomic mass is 10.00. The third-order valence-corrected chi connectivity index (χ3v) is 10.3. The van der Waals surface area contributed by atoms with Crippen molar-refractivity contribution in [3.8, 4) is 11.8 Å². The zero-order valence-corrected chi connectivity index (χ0v) is 20.8. The first-order valence-electron chi connectivity index (χ1n) is 10.8. The van der Waals surface area contributed by atoms with Gasteiger partial charge in [-0.2, -0.15) is 0 Å². The fraction of sp³-hybridized carbons (Fsp3) is 0.400. The third-order valence-electron chi connectivity index (χ3n) is 5.83. The lowest BCUT2D eigenvalue weighted by molar-refractivity contribution is -0.139. The Morgan fingerprint density at radius 2 is 1.69 bits per heavy atom. The molecule has 0 unspecified atom stereocenters. The van der Waals surface area contributed by atoms with Gasteiger partial charge in [0.1, 0.15) is 0 Å². The van der Waals surface area contributed by atoms with E-state index in [4.69, 9.17) is 9.26 Å². The predicted molar refractivity (Wildman–Crippen MR) is 130 cm³/mol. The van der Waals surface area contributed by atoms with Crippen molar-refractivity contribution in [2.24, 2.45) is 5.92 Å². The number of aromatic hydroxyl groups is 2. The highest BCUT2D eigenvalue weighted by atomic mass is 28.4. The molecule has 0 radical (unpaired) electrons. The topological polar surface area (TPSA) is 80.9 Å². The molecule has 0 amide bonds. The number of benzene rings is 1. The predicted octanol–water partition coefficient (Wildman–Crippen LogP) is 5.54. The van der Waals surface area contributed by atoms with E-state index in [1.165, 1.54) is 18.2 Å². The molecule has 32 heavy (non-hydrogen) atoms. The summed E-state index contributed by atoms with van der Waals surface area (Å²) in [5, 5.41) is 19.3. The first kappa shape index (κ1) is 25.5. The van der Waals surface area contributed by atoms with Crippen LogP contribution in [-0.4, -0.2) is 35.3 Å². The van der Waals surface area contributed by atoms with Crippen LogP contribution in [0.4, 0.5) is 0 Å². The second-order valence-electron chi connectivity index (χ2n) is 9.44. The van der Waals surface area contributed by atoms with Crippen LogP contribution in [0, 0.1) is 5.92 Å². The molecule has 7 heteroatoms. The second kappa shape index (κ2) is 10.7. The van der Waals surface area contributed by atoms with Gasteiger partial charge in [-0.15, -0.1) is 4.73 Å². The van der Waals surface area contributed by atoms with Crippen molar-refractivity contribution < 1.29 is 24.3 Å². The van der Waals surface area contributed by atoms with Crippen LogP contribution in [0.2, 0.25) is 18.1 Å². The Hall–Kier alpha value is -2.77. The average Bonchev–Trinajstić information content (AvgIpc) is 3.03. The smallest absolute Gasteiger partial charge is 0.356 e. The first-order chi connectivity index (χ1) is 14.9. The highest BCUT2D eigenvalue weighted by molar-refractivity contribution is 6.74. The monoisotopic (exact) mass is 457 g/mol.